The lowest BCUT2D eigenvalue weighted by atomic mass is 9.81. The summed E-state index contributed by atoms with van der Waals surface area (Å²) in [5.74, 6) is -2.60. The molecule has 0 fully saturated rings. The minimum atomic E-state index is -0.917. The van der Waals surface area contributed by atoms with Crippen LogP contribution in [0, 0.1) is 23.6 Å². The maximum absolute atomic E-state index is 14.3. The average molecular weight is 573 g/mol. The Labute approximate surface area is 247 Å². The Bertz CT molecular complexity index is 1360. The number of nitrogens with two attached hydrogens (primary N) is 1. The Kier molecular flexibility index (Phi) is 10.3. The summed E-state index contributed by atoms with van der Waals surface area (Å²) in [7, 11) is 0. The van der Waals surface area contributed by atoms with Crippen molar-refractivity contribution in [2.24, 2.45) is 23.5 Å². The molecular weight excluding hydrogens is 531 g/mol. The molecule has 0 radical (unpaired) electrons. The highest BCUT2D eigenvalue weighted by Gasteiger charge is 2.39. The zero-order chi connectivity index (χ0) is 30.2. The molecule has 222 valence electrons. The molecule has 4 rings (SSSR count). The molecule has 3 aromatic carbocycles. The summed E-state index contributed by atoms with van der Waals surface area (Å²) >= 11 is 0. The fraction of sp³-hybridized carbons (Fsp3) is 0.382. The van der Waals surface area contributed by atoms with E-state index in [-0.39, 0.29) is 36.6 Å². The Morgan fingerprint density at radius 3 is 2.21 bits per heavy atom. The Morgan fingerprint density at radius 1 is 0.952 bits per heavy atom. The van der Waals surface area contributed by atoms with Crippen LogP contribution < -0.4 is 20.9 Å². The fourth-order valence-corrected chi connectivity index (χ4v) is 5.69. The summed E-state index contributed by atoms with van der Waals surface area (Å²) < 4.78 is 13.7. The Balaban J connectivity index is 1.75. The second-order valence-corrected chi connectivity index (χ2v) is 11.4. The number of benzene rings is 3. The average Bonchev–Trinajstić information content (AvgIpc) is 3.08. The highest BCUT2D eigenvalue weighted by molar-refractivity contribution is 6.04. The second-order valence-electron chi connectivity index (χ2n) is 11.4. The third-order valence-electron chi connectivity index (χ3n) is 7.81. The van der Waals surface area contributed by atoms with E-state index in [1.165, 1.54) is 12.1 Å². The van der Waals surface area contributed by atoms with E-state index in [9.17, 15) is 18.8 Å². The van der Waals surface area contributed by atoms with Gasteiger partial charge in [0.15, 0.2) is 0 Å². The molecule has 1 aliphatic rings. The quantitative estimate of drug-likeness (QED) is 0.280. The number of primary amides is 1. The van der Waals surface area contributed by atoms with Crippen LogP contribution in [0.15, 0.2) is 78.9 Å². The van der Waals surface area contributed by atoms with Gasteiger partial charge in [-0.3, -0.25) is 14.4 Å². The summed E-state index contributed by atoms with van der Waals surface area (Å²) in [5.41, 5.74) is 8.95. The molecule has 0 aliphatic carbocycles. The van der Waals surface area contributed by atoms with Crippen LogP contribution in [0.5, 0.6) is 0 Å². The van der Waals surface area contributed by atoms with Crippen molar-refractivity contribution in [2.75, 3.05) is 16.3 Å². The van der Waals surface area contributed by atoms with Gasteiger partial charge in [0.1, 0.15) is 11.9 Å². The van der Waals surface area contributed by atoms with E-state index in [1.54, 1.807) is 17.0 Å². The van der Waals surface area contributed by atoms with Gasteiger partial charge in [0.05, 0.1) is 24.5 Å². The molecule has 0 saturated heterocycles. The number of nitrogens with zero attached hydrogens (tertiary/aromatic N) is 2. The number of unbranched alkanes of at least 4 members (excludes halogenated alkanes) is 1. The zero-order valence-electron chi connectivity index (χ0n) is 24.6. The number of amides is 3. The zero-order valence-corrected chi connectivity index (χ0v) is 24.6. The molecule has 3 aromatic rings. The Hall–Kier alpha value is -4.20. The van der Waals surface area contributed by atoms with E-state index in [1.807, 2.05) is 80.3 Å². The van der Waals surface area contributed by atoms with Gasteiger partial charge in [0.2, 0.25) is 11.8 Å². The smallest absolute Gasteiger partial charge is 0.251 e. The number of halogens is 1. The lowest BCUT2D eigenvalue weighted by Gasteiger charge is -2.30. The first-order valence-corrected chi connectivity index (χ1v) is 14.8. The van der Waals surface area contributed by atoms with Gasteiger partial charge in [-0.25, -0.2) is 4.39 Å². The number of nitrogens with one attached hydrogen (secondary N) is 1. The van der Waals surface area contributed by atoms with E-state index < -0.39 is 23.8 Å². The summed E-state index contributed by atoms with van der Waals surface area (Å²) in [6.07, 6.45) is 2.66. The Morgan fingerprint density at radius 2 is 1.60 bits per heavy atom. The molecule has 3 atom stereocenters. The molecule has 3 unspecified atom stereocenters. The minimum Gasteiger partial charge on any atom is -0.369 e. The number of carbonyl (C=O) groups excluding carboxylic acids is 3. The predicted molar refractivity (Wildman–Crippen MR) is 165 cm³/mol. The first-order chi connectivity index (χ1) is 20.2. The van der Waals surface area contributed by atoms with E-state index in [0.717, 1.165) is 29.8 Å². The largest absolute Gasteiger partial charge is 0.369 e. The van der Waals surface area contributed by atoms with Crippen molar-refractivity contribution in [3.63, 3.8) is 0 Å². The van der Waals surface area contributed by atoms with Gasteiger partial charge >= 0.3 is 0 Å². The minimum absolute atomic E-state index is 0.147. The van der Waals surface area contributed by atoms with E-state index >= 15 is 0 Å². The molecule has 0 saturated carbocycles. The second kappa shape index (κ2) is 14.1. The standard InChI is InChI=1S/C34H41FN4O3/c1-4-5-13-27(32(36)40)28(20-23(2)3)33(41)37-29-22-38(26-11-7-6-8-12-26)30-14-9-10-15-31(30)39(34(29)42)21-24-16-18-25(35)19-17-24/h6-12,14-19,23,27-29H,4-5,13,20-22H2,1-3H3,(H2,36,40)(H,37,41). The third-order valence-corrected chi connectivity index (χ3v) is 7.81. The van der Waals surface area contributed by atoms with Crippen molar-refractivity contribution in [3.05, 3.63) is 90.2 Å². The summed E-state index contributed by atoms with van der Waals surface area (Å²) in [6, 6.07) is 22.5. The number of anilines is 3. The first-order valence-electron chi connectivity index (χ1n) is 14.8. The topological polar surface area (TPSA) is 95.7 Å². The lowest BCUT2D eigenvalue weighted by molar-refractivity contribution is -0.136. The summed E-state index contributed by atoms with van der Waals surface area (Å²) in [6.45, 7) is 6.43. The van der Waals surface area contributed by atoms with Crippen LogP contribution in [-0.4, -0.2) is 30.3 Å². The molecule has 3 N–H and O–H groups in total. The lowest BCUT2D eigenvalue weighted by Crippen LogP contribution is -2.54. The molecule has 8 heteroatoms. The van der Waals surface area contributed by atoms with Crippen LogP contribution in [0.4, 0.5) is 21.5 Å². The van der Waals surface area contributed by atoms with Crippen molar-refractivity contribution in [2.45, 2.75) is 59.0 Å². The van der Waals surface area contributed by atoms with Crippen LogP contribution in [0.1, 0.15) is 52.0 Å². The van der Waals surface area contributed by atoms with Crippen molar-refractivity contribution in [1.82, 2.24) is 5.32 Å². The van der Waals surface area contributed by atoms with Gasteiger partial charge in [-0.1, -0.05) is 76.1 Å². The van der Waals surface area contributed by atoms with Gasteiger partial charge in [-0.15, -0.1) is 0 Å². The molecule has 0 spiro atoms. The molecule has 0 aromatic heterocycles. The molecule has 7 nitrogen and oxygen atoms in total. The molecule has 1 heterocycles. The SMILES string of the molecule is CCCCC(C(N)=O)C(CC(C)C)C(=O)NC1CN(c2ccccc2)c2ccccc2N(Cc2ccc(F)cc2)C1=O. The summed E-state index contributed by atoms with van der Waals surface area (Å²) in [5, 5.41) is 3.05. The van der Waals surface area contributed by atoms with E-state index in [0.29, 0.717) is 18.5 Å². The normalized spacial score (nSPS) is 16.5. The van der Waals surface area contributed by atoms with Gasteiger partial charge in [-0.2, -0.15) is 0 Å². The van der Waals surface area contributed by atoms with E-state index in [4.69, 9.17) is 5.73 Å². The number of hydrogen-bond donors (Lipinski definition) is 2. The van der Waals surface area contributed by atoms with Crippen molar-refractivity contribution in [3.8, 4) is 0 Å². The molecule has 0 bridgehead atoms. The maximum atomic E-state index is 14.3. The number of carbonyl (C=O) groups is 3. The van der Waals surface area contributed by atoms with Crippen LogP contribution in [0.25, 0.3) is 0 Å². The first kappa shape index (κ1) is 30.8. The van der Waals surface area contributed by atoms with Gasteiger partial charge in [-0.05, 0) is 60.7 Å². The van der Waals surface area contributed by atoms with Crippen molar-refractivity contribution < 1.29 is 18.8 Å². The number of para-hydroxylation sites is 3. The molecule has 3 amide bonds. The van der Waals surface area contributed by atoms with Crippen LogP contribution in [0.2, 0.25) is 0 Å². The predicted octanol–water partition coefficient (Wildman–Crippen LogP) is 5.95. The highest BCUT2D eigenvalue weighted by Crippen LogP contribution is 2.38. The number of fused-ring (bicyclic) bond motifs is 1. The van der Waals surface area contributed by atoms with Crippen molar-refractivity contribution >= 4 is 34.8 Å². The van der Waals surface area contributed by atoms with Crippen molar-refractivity contribution in [1.29, 1.82) is 0 Å². The van der Waals surface area contributed by atoms with Crippen LogP contribution in [-0.2, 0) is 20.9 Å². The van der Waals surface area contributed by atoms with Crippen LogP contribution >= 0.6 is 0 Å². The van der Waals surface area contributed by atoms with Gasteiger partial charge in [0.25, 0.3) is 5.91 Å². The van der Waals surface area contributed by atoms with Crippen LogP contribution in [0.3, 0.4) is 0 Å². The molecule has 42 heavy (non-hydrogen) atoms. The van der Waals surface area contributed by atoms with Gasteiger partial charge < -0.3 is 20.9 Å². The monoisotopic (exact) mass is 572 g/mol. The summed E-state index contributed by atoms with van der Waals surface area (Å²) in [4.78, 5) is 44.5. The van der Waals surface area contributed by atoms with E-state index in [2.05, 4.69) is 5.32 Å². The number of hydrogen-bond acceptors (Lipinski definition) is 4. The fourth-order valence-electron chi connectivity index (χ4n) is 5.69. The van der Waals surface area contributed by atoms with Gasteiger partial charge in [0, 0.05) is 17.5 Å². The maximum Gasteiger partial charge on any atom is 0.251 e. The molecular formula is C34H41FN4O3. The third kappa shape index (κ3) is 7.35. The molecule has 1 aliphatic heterocycles. The highest BCUT2D eigenvalue weighted by atomic mass is 19.1. The number of rotatable bonds is 12.